The van der Waals surface area contributed by atoms with Crippen LogP contribution < -0.4 is 10.2 Å². The maximum Gasteiger partial charge on any atom is 0.224 e. The summed E-state index contributed by atoms with van der Waals surface area (Å²) in [5.74, 6) is 1.37. The Morgan fingerprint density at radius 1 is 1.27 bits per heavy atom. The van der Waals surface area contributed by atoms with E-state index in [0.717, 1.165) is 11.3 Å². The Labute approximate surface area is 152 Å². The van der Waals surface area contributed by atoms with Crippen LogP contribution in [0.2, 0.25) is 0 Å². The zero-order valence-electron chi connectivity index (χ0n) is 14.9. The maximum atomic E-state index is 12.4. The summed E-state index contributed by atoms with van der Waals surface area (Å²) in [6.07, 6.45) is 5.38. The number of rotatable bonds is 3. The van der Waals surface area contributed by atoms with Gasteiger partial charge in [-0.1, -0.05) is 25.1 Å². The Bertz CT molecular complexity index is 869. The van der Waals surface area contributed by atoms with E-state index in [4.69, 9.17) is 5.26 Å². The number of fused-ring (bicyclic) bond motifs is 1. The standard InChI is InChI=1S/C20H21N5O/c1-12-18(24-20-22-10-14(9-21)11-23-20)16-5-3-4-6-17(16)25(13(2)26)19(12)15-7-8-15/h3-6,10-12,15,18-19H,7-8H2,1-2H3,(H,22,23,24). The van der Waals surface area contributed by atoms with E-state index in [-0.39, 0.29) is 23.9 Å². The van der Waals surface area contributed by atoms with E-state index in [0.29, 0.717) is 17.4 Å². The van der Waals surface area contributed by atoms with E-state index < -0.39 is 0 Å². The molecule has 1 amide bonds. The van der Waals surface area contributed by atoms with Gasteiger partial charge in [0.05, 0.1) is 24.0 Å². The second kappa shape index (κ2) is 6.41. The fourth-order valence-corrected chi connectivity index (χ4v) is 4.11. The van der Waals surface area contributed by atoms with Crippen LogP contribution in [0.15, 0.2) is 36.7 Å². The Hall–Kier alpha value is -2.94. The van der Waals surface area contributed by atoms with E-state index in [1.165, 1.54) is 25.2 Å². The third-order valence-corrected chi connectivity index (χ3v) is 5.40. The van der Waals surface area contributed by atoms with E-state index in [1.807, 2.05) is 29.2 Å². The van der Waals surface area contributed by atoms with Gasteiger partial charge < -0.3 is 10.2 Å². The first-order chi connectivity index (χ1) is 12.6. The number of anilines is 2. The highest BCUT2D eigenvalue weighted by Crippen LogP contribution is 2.49. The summed E-state index contributed by atoms with van der Waals surface area (Å²) < 4.78 is 0. The molecule has 0 bridgehead atoms. The molecule has 2 aliphatic rings. The fraction of sp³-hybridized carbons (Fsp3) is 0.400. The number of hydrogen-bond acceptors (Lipinski definition) is 5. The van der Waals surface area contributed by atoms with Crippen molar-refractivity contribution in [1.29, 1.82) is 5.26 Å². The summed E-state index contributed by atoms with van der Waals surface area (Å²) in [7, 11) is 0. The molecular weight excluding hydrogens is 326 g/mol. The lowest BCUT2D eigenvalue weighted by atomic mass is 9.80. The number of nitrogens with one attached hydrogen (secondary N) is 1. The molecular formula is C20H21N5O. The topological polar surface area (TPSA) is 81.9 Å². The first kappa shape index (κ1) is 16.5. The van der Waals surface area contributed by atoms with Crippen molar-refractivity contribution in [2.45, 2.75) is 38.8 Å². The van der Waals surface area contributed by atoms with Crippen molar-refractivity contribution >= 4 is 17.5 Å². The smallest absolute Gasteiger partial charge is 0.224 e. The third kappa shape index (κ3) is 2.80. The van der Waals surface area contributed by atoms with Crippen molar-refractivity contribution in [2.24, 2.45) is 11.8 Å². The predicted molar refractivity (Wildman–Crippen MR) is 98.4 cm³/mol. The molecule has 1 aromatic carbocycles. The maximum absolute atomic E-state index is 12.4. The van der Waals surface area contributed by atoms with Gasteiger partial charge in [0.15, 0.2) is 0 Å². The molecule has 0 spiro atoms. The van der Waals surface area contributed by atoms with Gasteiger partial charge in [-0.05, 0) is 30.4 Å². The van der Waals surface area contributed by atoms with Crippen LogP contribution in [-0.4, -0.2) is 21.9 Å². The van der Waals surface area contributed by atoms with Crippen molar-refractivity contribution in [2.75, 3.05) is 10.2 Å². The Morgan fingerprint density at radius 2 is 1.96 bits per heavy atom. The molecule has 0 radical (unpaired) electrons. The minimum absolute atomic E-state index is 0.0142. The minimum Gasteiger partial charge on any atom is -0.347 e. The summed E-state index contributed by atoms with van der Waals surface area (Å²) in [6.45, 7) is 3.84. The summed E-state index contributed by atoms with van der Waals surface area (Å²) >= 11 is 0. The second-order valence-electron chi connectivity index (χ2n) is 7.16. The quantitative estimate of drug-likeness (QED) is 0.921. The normalized spacial score (nSPS) is 24.5. The number of carbonyl (C=O) groups excluding carboxylic acids is 1. The molecule has 1 fully saturated rings. The first-order valence-corrected chi connectivity index (χ1v) is 8.97. The number of hydrogen-bond donors (Lipinski definition) is 1. The summed E-state index contributed by atoms with van der Waals surface area (Å²) in [5.41, 5.74) is 2.49. The number of benzene rings is 1. The van der Waals surface area contributed by atoms with Crippen molar-refractivity contribution in [3.63, 3.8) is 0 Å². The van der Waals surface area contributed by atoms with Crippen molar-refractivity contribution in [1.82, 2.24) is 9.97 Å². The van der Waals surface area contributed by atoms with Gasteiger partial charge in [0.2, 0.25) is 11.9 Å². The summed E-state index contributed by atoms with van der Waals surface area (Å²) in [6, 6.07) is 10.3. The van der Waals surface area contributed by atoms with Gasteiger partial charge in [-0.2, -0.15) is 5.26 Å². The fourth-order valence-electron chi connectivity index (χ4n) is 4.11. The van der Waals surface area contributed by atoms with Gasteiger partial charge in [-0.3, -0.25) is 4.79 Å². The number of amides is 1. The van der Waals surface area contributed by atoms with Crippen LogP contribution in [0.1, 0.15) is 43.9 Å². The largest absolute Gasteiger partial charge is 0.347 e. The molecule has 0 saturated heterocycles. The highest BCUT2D eigenvalue weighted by Gasteiger charge is 2.47. The number of nitrogens with zero attached hydrogens (tertiary/aromatic N) is 4. The van der Waals surface area contributed by atoms with Crippen molar-refractivity contribution in [3.05, 3.63) is 47.8 Å². The molecule has 1 aliphatic heterocycles. The number of carbonyl (C=O) groups is 1. The summed E-state index contributed by atoms with van der Waals surface area (Å²) in [4.78, 5) is 22.9. The van der Waals surface area contributed by atoms with Crippen LogP contribution in [0.4, 0.5) is 11.6 Å². The minimum atomic E-state index is 0.0142. The zero-order chi connectivity index (χ0) is 18.3. The van der Waals surface area contributed by atoms with Gasteiger partial charge in [0.1, 0.15) is 6.07 Å². The lowest BCUT2D eigenvalue weighted by molar-refractivity contribution is -0.117. The number of aromatic nitrogens is 2. The van der Waals surface area contributed by atoms with Gasteiger partial charge in [-0.15, -0.1) is 0 Å². The lowest BCUT2D eigenvalue weighted by Crippen LogP contribution is -2.51. The average Bonchev–Trinajstić information content (AvgIpc) is 3.48. The molecule has 3 unspecified atom stereocenters. The molecule has 3 atom stereocenters. The third-order valence-electron chi connectivity index (χ3n) is 5.40. The van der Waals surface area contributed by atoms with Crippen LogP contribution in [-0.2, 0) is 4.79 Å². The zero-order valence-corrected chi connectivity index (χ0v) is 14.9. The molecule has 1 saturated carbocycles. The van der Waals surface area contributed by atoms with E-state index in [9.17, 15) is 4.79 Å². The number of nitriles is 1. The Kier molecular flexibility index (Phi) is 4.08. The van der Waals surface area contributed by atoms with Crippen LogP contribution in [0.5, 0.6) is 0 Å². The van der Waals surface area contributed by atoms with Gasteiger partial charge in [0.25, 0.3) is 0 Å². The Morgan fingerprint density at radius 3 is 2.58 bits per heavy atom. The van der Waals surface area contributed by atoms with Crippen LogP contribution in [0.25, 0.3) is 0 Å². The molecule has 4 rings (SSSR count). The monoisotopic (exact) mass is 347 g/mol. The molecule has 132 valence electrons. The highest BCUT2D eigenvalue weighted by molar-refractivity contribution is 5.94. The van der Waals surface area contributed by atoms with Crippen LogP contribution in [0.3, 0.4) is 0 Å². The number of para-hydroxylation sites is 1. The molecule has 6 heteroatoms. The molecule has 6 nitrogen and oxygen atoms in total. The second-order valence-corrected chi connectivity index (χ2v) is 7.16. The highest BCUT2D eigenvalue weighted by atomic mass is 16.2. The van der Waals surface area contributed by atoms with E-state index in [2.05, 4.69) is 28.3 Å². The van der Waals surface area contributed by atoms with E-state index >= 15 is 0 Å². The van der Waals surface area contributed by atoms with Crippen LogP contribution >= 0.6 is 0 Å². The molecule has 2 aromatic rings. The van der Waals surface area contributed by atoms with Gasteiger partial charge >= 0.3 is 0 Å². The molecule has 26 heavy (non-hydrogen) atoms. The molecule has 1 N–H and O–H groups in total. The SMILES string of the molecule is CC(=O)N1c2ccccc2C(Nc2ncc(C#N)cn2)C(C)C1C1CC1. The van der Waals surface area contributed by atoms with Crippen molar-refractivity contribution in [3.8, 4) is 6.07 Å². The van der Waals surface area contributed by atoms with E-state index in [1.54, 1.807) is 6.92 Å². The predicted octanol–water partition coefficient (Wildman–Crippen LogP) is 3.28. The van der Waals surface area contributed by atoms with Crippen LogP contribution in [0, 0.1) is 23.2 Å². The first-order valence-electron chi connectivity index (χ1n) is 8.97. The lowest BCUT2D eigenvalue weighted by Gasteiger charge is -2.45. The average molecular weight is 347 g/mol. The van der Waals surface area contributed by atoms with Gasteiger partial charge in [0, 0.05) is 24.6 Å². The Balaban J connectivity index is 1.74. The summed E-state index contributed by atoms with van der Waals surface area (Å²) in [5, 5.41) is 12.4. The molecule has 2 heterocycles. The molecule has 1 aromatic heterocycles. The molecule has 1 aliphatic carbocycles. The van der Waals surface area contributed by atoms with Gasteiger partial charge in [-0.25, -0.2) is 9.97 Å². The van der Waals surface area contributed by atoms with Crippen molar-refractivity contribution < 1.29 is 4.79 Å².